The van der Waals surface area contributed by atoms with Crippen molar-refractivity contribution in [2.45, 2.75) is 6.92 Å². The summed E-state index contributed by atoms with van der Waals surface area (Å²) in [7, 11) is -4.31. The van der Waals surface area contributed by atoms with Gasteiger partial charge in [-0.15, -0.1) is 0 Å². The van der Waals surface area contributed by atoms with Crippen molar-refractivity contribution < 1.29 is 21.6 Å². The molecule has 94 valence electrons. The van der Waals surface area contributed by atoms with Gasteiger partial charge in [-0.05, 0) is 18.6 Å². The molecule has 0 heterocycles. The molecule has 0 fully saturated rings. The van der Waals surface area contributed by atoms with Crippen molar-refractivity contribution in [2.24, 2.45) is 0 Å². The molecule has 0 aliphatic carbocycles. The summed E-state index contributed by atoms with van der Waals surface area (Å²) in [5, 5.41) is 0. The standard InChI is InChI=1S/C10H12O5S2/c1-8-4-2-3-5-9(8)10(11)15-17(12,13)14-6-7-16/h2-5,16H,6-7H2,1H3. The molecule has 0 saturated carbocycles. The van der Waals surface area contributed by atoms with E-state index in [0.29, 0.717) is 5.56 Å². The number of aryl methyl sites for hydroxylation is 1. The maximum Gasteiger partial charge on any atom is 0.451 e. The molecule has 0 saturated heterocycles. The van der Waals surface area contributed by atoms with E-state index in [1.165, 1.54) is 6.07 Å². The zero-order valence-electron chi connectivity index (χ0n) is 9.12. The van der Waals surface area contributed by atoms with E-state index < -0.39 is 16.4 Å². The van der Waals surface area contributed by atoms with Crippen LogP contribution in [0.4, 0.5) is 0 Å². The molecule has 7 heteroatoms. The van der Waals surface area contributed by atoms with Crippen molar-refractivity contribution in [1.29, 1.82) is 0 Å². The molecular weight excluding hydrogens is 264 g/mol. The SMILES string of the molecule is Cc1ccccc1C(=O)OS(=O)(=O)OCCS. The van der Waals surface area contributed by atoms with Crippen molar-refractivity contribution in [2.75, 3.05) is 12.4 Å². The van der Waals surface area contributed by atoms with Crippen LogP contribution in [0.1, 0.15) is 15.9 Å². The molecule has 0 bridgehead atoms. The molecule has 1 aromatic carbocycles. The summed E-state index contributed by atoms with van der Waals surface area (Å²) in [6, 6.07) is 6.51. The minimum atomic E-state index is -4.31. The molecule has 17 heavy (non-hydrogen) atoms. The number of hydrogen-bond acceptors (Lipinski definition) is 6. The highest BCUT2D eigenvalue weighted by Gasteiger charge is 2.20. The summed E-state index contributed by atoms with van der Waals surface area (Å²) in [5.74, 6) is -0.747. The van der Waals surface area contributed by atoms with E-state index in [-0.39, 0.29) is 17.9 Å². The summed E-state index contributed by atoms with van der Waals surface area (Å²) in [6.07, 6.45) is 0. The van der Waals surface area contributed by atoms with Crippen LogP contribution in [0, 0.1) is 6.92 Å². The molecule has 1 rings (SSSR count). The summed E-state index contributed by atoms with van der Waals surface area (Å²) < 4.78 is 31.0. The summed E-state index contributed by atoms with van der Waals surface area (Å²) in [6.45, 7) is 1.53. The van der Waals surface area contributed by atoms with E-state index in [9.17, 15) is 13.2 Å². The van der Waals surface area contributed by atoms with Crippen molar-refractivity contribution in [1.82, 2.24) is 0 Å². The van der Waals surface area contributed by atoms with Crippen LogP contribution in [-0.2, 0) is 18.8 Å². The van der Waals surface area contributed by atoms with Crippen LogP contribution in [0.25, 0.3) is 0 Å². The Bertz CT molecular complexity index is 495. The van der Waals surface area contributed by atoms with Crippen LogP contribution in [0.5, 0.6) is 0 Å². The smallest absolute Gasteiger partial charge is 0.320 e. The fourth-order valence-electron chi connectivity index (χ4n) is 1.10. The third-order valence-corrected chi connectivity index (χ3v) is 2.86. The predicted molar refractivity (Wildman–Crippen MR) is 65.3 cm³/mol. The lowest BCUT2D eigenvalue weighted by Gasteiger charge is -2.06. The van der Waals surface area contributed by atoms with Gasteiger partial charge in [-0.25, -0.2) is 8.98 Å². The van der Waals surface area contributed by atoms with Crippen LogP contribution >= 0.6 is 12.6 Å². The van der Waals surface area contributed by atoms with Gasteiger partial charge in [0.15, 0.2) is 0 Å². The Morgan fingerprint density at radius 1 is 1.35 bits per heavy atom. The van der Waals surface area contributed by atoms with Crippen molar-refractivity contribution in [3.05, 3.63) is 35.4 Å². The van der Waals surface area contributed by atoms with Gasteiger partial charge in [0, 0.05) is 5.75 Å². The second-order valence-electron chi connectivity index (χ2n) is 3.14. The molecule has 0 radical (unpaired) electrons. The average molecular weight is 276 g/mol. The van der Waals surface area contributed by atoms with Crippen molar-refractivity contribution in [3.8, 4) is 0 Å². The van der Waals surface area contributed by atoms with Gasteiger partial charge < -0.3 is 4.18 Å². The Balaban J connectivity index is 2.77. The molecule has 0 atom stereocenters. The zero-order chi connectivity index (χ0) is 12.9. The first-order valence-electron chi connectivity index (χ1n) is 4.76. The number of hydrogen-bond donors (Lipinski definition) is 1. The zero-order valence-corrected chi connectivity index (χ0v) is 10.8. The lowest BCUT2D eigenvalue weighted by Crippen LogP contribution is -2.17. The Morgan fingerprint density at radius 2 is 2.00 bits per heavy atom. The van der Waals surface area contributed by atoms with Gasteiger partial charge in [-0.1, -0.05) is 18.2 Å². The summed E-state index contributed by atoms with van der Waals surface area (Å²) in [4.78, 5) is 11.5. The normalized spacial score (nSPS) is 11.2. The second-order valence-corrected chi connectivity index (χ2v) is 4.81. The average Bonchev–Trinajstić information content (AvgIpc) is 2.26. The highest BCUT2D eigenvalue weighted by Crippen LogP contribution is 2.10. The molecule has 0 unspecified atom stereocenters. The number of thiol groups is 1. The first-order chi connectivity index (χ1) is 7.96. The number of rotatable bonds is 5. The molecule has 0 aliphatic rings. The van der Waals surface area contributed by atoms with Crippen molar-refractivity contribution >= 4 is 29.0 Å². The predicted octanol–water partition coefficient (Wildman–Crippen LogP) is 1.34. The molecule has 5 nitrogen and oxygen atoms in total. The van der Waals surface area contributed by atoms with E-state index in [1.54, 1.807) is 25.1 Å². The molecule has 0 N–H and O–H groups in total. The fraction of sp³-hybridized carbons (Fsp3) is 0.300. The van der Waals surface area contributed by atoms with E-state index in [0.717, 1.165) is 0 Å². The Hall–Kier alpha value is -1.05. The minimum Gasteiger partial charge on any atom is -0.320 e. The number of benzene rings is 1. The minimum absolute atomic E-state index is 0.146. The Labute approximate surface area is 105 Å². The topological polar surface area (TPSA) is 69.7 Å². The largest absolute Gasteiger partial charge is 0.451 e. The van der Waals surface area contributed by atoms with E-state index in [4.69, 9.17) is 0 Å². The second kappa shape index (κ2) is 6.04. The molecule has 0 aromatic heterocycles. The molecular formula is C10H12O5S2. The molecule has 0 spiro atoms. The lowest BCUT2D eigenvalue weighted by molar-refractivity contribution is 0.0713. The maximum atomic E-state index is 11.5. The van der Waals surface area contributed by atoms with Gasteiger partial charge in [-0.3, -0.25) is 0 Å². The van der Waals surface area contributed by atoms with Gasteiger partial charge in [0.1, 0.15) is 0 Å². The van der Waals surface area contributed by atoms with Crippen LogP contribution in [-0.4, -0.2) is 26.7 Å². The Kier molecular flexibility index (Phi) is 4.98. The van der Waals surface area contributed by atoms with E-state index in [2.05, 4.69) is 21.0 Å². The van der Waals surface area contributed by atoms with Crippen LogP contribution in [0.2, 0.25) is 0 Å². The highest BCUT2D eigenvalue weighted by molar-refractivity contribution is 7.82. The fourth-order valence-corrected chi connectivity index (χ4v) is 1.93. The summed E-state index contributed by atoms with van der Waals surface area (Å²) >= 11 is 3.78. The lowest BCUT2D eigenvalue weighted by atomic mass is 10.1. The molecule has 0 amide bonds. The van der Waals surface area contributed by atoms with Gasteiger partial charge in [0.25, 0.3) is 0 Å². The quantitative estimate of drug-likeness (QED) is 0.822. The molecule has 0 aliphatic heterocycles. The monoisotopic (exact) mass is 276 g/mol. The number of carbonyl (C=O) groups excluding carboxylic acids is 1. The van der Waals surface area contributed by atoms with E-state index in [1.807, 2.05) is 0 Å². The summed E-state index contributed by atoms with van der Waals surface area (Å²) in [5.41, 5.74) is 0.812. The van der Waals surface area contributed by atoms with E-state index >= 15 is 0 Å². The first-order valence-corrected chi connectivity index (χ1v) is 6.72. The highest BCUT2D eigenvalue weighted by atomic mass is 32.3. The number of carbonyl (C=O) groups is 1. The molecule has 1 aromatic rings. The van der Waals surface area contributed by atoms with Crippen LogP contribution < -0.4 is 0 Å². The first kappa shape index (κ1) is 14.0. The van der Waals surface area contributed by atoms with Gasteiger partial charge >= 0.3 is 16.4 Å². The van der Waals surface area contributed by atoms with Crippen LogP contribution in [0.3, 0.4) is 0 Å². The van der Waals surface area contributed by atoms with Crippen molar-refractivity contribution in [3.63, 3.8) is 0 Å². The third kappa shape index (κ3) is 4.37. The van der Waals surface area contributed by atoms with Gasteiger partial charge in [-0.2, -0.15) is 21.0 Å². The Morgan fingerprint density at radius 3 is 2.59 bits per heavy atom. The van der Waals surface area contributed by atoms with Gasteiger partial charge in [0.05, 0.1) is 12.2 Å². The van der Waals surface area contributed by atoms with Crippen LogP contribution in [0.15, 0.2) is 24.3 Å². The third-order valence-electron chi connectivity index (χ3n) is 1.86. The van der Waals surface area contributed by atoms with Gasteiger partial charge in [0.2, 0.25) is 0 Å². The maximum absolute atomic E-state index is 11.5.